The van der Waals surface area contributed by atoms with Crippen LogP contribution in [0.15, 0.2) is 10.2 Å². The Kier molecular flexibility index (Phi) is 5.06. The molecule has 0 aromatic heterocycles. The summed E-state index contributed by atoms with van der Waals surface area (Å²) in [6.45, 7) is 0.0921. The molecule has 0 bridgehead atoms. The maximum Gasteiger partial charge on any atom is 0.310 e. The lowest BCUT2D eigenvalue weighted by molar-refractivity contribution is -0.298. The van der Waals surface area contributed by atoms with Crippen LogP contribution in [0.4, 0.5) is 8.78 Å². The molecule has 1 aliphatic rings. The number of ether oxygens (including phenoxy) is 2. The molecule has 2 unspecified atom stereocenters. The minimum atomic E-state index is -3.81. The van der Waals surface area contributed by atoms with Gasteiger partial charge in [-0.3, -0.25) is 4.79 Å². The average Bonchev–Trinajstić information content (AvgIpc) is 2.36. The van der Waals surface area contributed by atoms with E-state index in [9.17, 15) is 18.7 Å². The van der Waals surface area contributed by atoms with Crippen LogP contribution >= 0.6 is 0 Å². The lowest BCUT2D eigenvalue weighted by atomic mass is 9.96. The van der Waals surface area contributed by atoms with Crippen molar-refractivity contribution in [3.63, 3.8) is 0 Å². The summed E-state index contributed by atoms with van der Waals surface area (Å²) in [4.78, 5) is 15.5. The number of esters is 1. The number of carbonyl (C=O) groups is 1. The summed E-state index contributed by atoms with van der Waals surface area (Å²) in [6.07, 6.45) is -6.16. The van der Waals surface area contributed by atoms with Crippen molar-refractivity contribution in [1.82, 2.24) is 0 Å². The molecule has 0 saturated carbocycles. The normalized spacial score (nSPS) is 31.6. The Balaban J connectivity index is 3.13. The summed E-state index contributed by atoms with van der Waals surface area (Å²) in [5, 5.41) is 15.4. The van der Waals surface area contributed by atoms with Gasteiger partial charge in [-0.1, -0.05) is 10.2 Å². The molecule has 0 aliphatic carbocycles. The van der Waals surface area contributed by atoms with Crippen molar-refractivity contribution in [1.29, 1.82) is 0 Å². The van der Waals surface area contributed by atoms with E-state index in [0.29, 0.717) is 0 Å². The fourth-order valence-electron chi connectivity index (χ4n) is 1.68. The maximum absolute atomic E-state index is 14.1. The molecule has 0 amide bonds. The summed E-state index contributed by atoms with van der Waals surface area (Å²) in [5.74, 6) is -4.86. The van der Waals surface area contributed by atoms with Gasteiger partial charge in [0, 0.05) is 16.7 Å². The Hall–Kier alpha value is -2.13. The molecule has 110 valence electrons. The molecular formula is C8H10F2N6O4. The molecule has 1 N–H and O–H groups in total. The number of alkyl halides is 2. The molecule has 1 aliphatic heterocycles. The highest BCUT2D eigenvalue weighted by Crippen LogP contribution is 2.37. The number of azide groups is 2. The zero-order valence-corrected chi connectivity index (χ0v) is 10.1. The van der Waals surface area contributed by atoms with Crippen molar-refractivity contribution < 1.29 is 28.2 Å². The van der Waals surface area contributed by atoms with E-state index in [-0.39, 0.29) is 0 Å². The van der Waals surface area contributed by atoms with Gasteiger partial charge in [-0.25, -0.2) is 0 Å². The highest BCUT2D eigenvalue weighted by Gasteiger charge is 2.59. The molecule has 10 nitrogen and oxygen atoms in total. The van der Waals surface area contributed by atoms with Crippen LogP contribution in [0, 0.1) is 0 Å². The van der Waals surface area contributed by atoms with Crippen LogP contribution in [0.1, 0.15) is 6.92 Å². The molecule has 0 aromatic carbocycles. The van der Waals surface area contributed by atoms with Crippen molar-refractivity contribution >= 4 is 5.97 Å². The molecule has 0 aromatic rings. The summed E-state index contributed by atoms with van der Waals surface area (Å²) >= 11 is 0. The topological polar surface area (TPSA) is 153 Å². The minimum absolute atomic E-state index is 0.790. The highest BCUT2D eigenvalue weighted by molar-refractivity contribution is 5.66. The van der Waals surface area contributed by atoms with Gasteiger partial charge in [-0.2, -0.15) is 8.78 Å². The monoisotopic (exact) mass is 292 g/mol. The van der Waals surface area contributed by atoms with E-state index >= 15 is 0 Å². The van der Waals surface area contributed by atoms with Crippen molar-refractivity contribution in [2.45, 2.75) is 37.4 Å². The third-order valence-electron chi connectivity index (χ3n) is 2.50. The molecule has 0 radical (unpaired) electrons. The molecule has 0 spiro atoms. The smallest absolute Gasteiger partial charge is 0.310 e. The first-order valence-corrected chi connectivity index (χ1v) is 5.28. The van der Waals surface area contributed by atoms with Crippen molar-refractivity contribution in [3.05, 3.63) is 20.9 Å². The van der Waals surface area contributed by atoms with Gasteiger partial charge in [0.2, 0.25) is 0 Å². The van der Waals surface area contributed by atoms with Gasteiger partial charge in [-0.05, 0) is 11.1 Å². The average molecular weight is 292 g/mol. The van der Waals surface area contributed by atoms with Gasteiger partial charge < -0.3 is 14.6 Å². The van der Waals surface area contributed by atoms with Crippen LogP contribution in [0.2, 0.25) is 0 Å². The fourth-order valence-corrected chi connectivity index (χ4v) is 1.68. The molecular weight excluding hydrogens is 282 g/mol. The number of halogens is 2. The predicted octanol–water partition coefficient (Wildman–Crippen LogP) is 1.26. The first-order valence-electron chi connectivity index (χ1n) is 5.28. The van der Waals surface area contributed by atoms with Gasteiger partial charge in [0.15, 0.2) is 12.4 Å². The second-order valence-corrected chi connectivity index (χ2v) is 3.83. The summed E-state index contributed by atoms with van der Waals surface area (Å²) in [5.41, 5.74) is 16.4. The van der Waals surface area contributed by atoms with E-state index in [1.807, 2.05) is 0 Å². The van der Waals surface area contributed by atoms with E-state index in [2.05, 4.69) is 29.5 Å². The van der Waals surface area contributed by atoms with Crippen LogP contribution in [-0.2, 0) is 14.3 Å². The Labute approximate surface area is 110 Å². The minimum Gasteiger partial charge on any atom is -0.455 e. The van der Waals surface area contributed by atoms with E-state index < -0.39 is 43.0 Å². The van der Waals surface area contributed by atoms with Gasteiger partial charge in [0.1, 0.15) is 12.1 Å². The van der Waals surface area contributed by atoms with E-state index in [1.165, 1.54) is 0 Å². The van der Waals surface area contributed by atoms with Gasteiger partial charge in [0.25, 0.3) is 0 Å². The molecule has 1 fully saturated rings. The second kappa shape index (κ2) is 6.35. The summed E-state index contributed by atoms with van der Waals surface area (Å²) in [6, 6.07) is -1.82. The number of hydrogen-bond acceptors (Lipinski definition) is 6. The van der Waals surface area contributed by atoms with Crippen LogP contribution in [-0.4, -0.2) is 48.1 Å². The lowest BCUT2D eigenvalue weighted by Gasteiger charge is -2.42. The molecule has 20 heavy (non-hydrogen) atoms. The molecule has 1 heterocycles. The number of aliphatic hydroxyl groups excluding tert-OH is 1. The number of carbonyl (C=O) groups excluding carboxylic acids is 1. The van der Waals surface area contributed by atoms with Crippen LogP contribution < -0.4 is 0 Å². The molecule has 12 heteroatoms. The van der Waals surface area contributed by atoms with Crippen molar-refractivity contribution in [2.75, 3.05) is 6.54 Å². The zero-order chi connectivity index (χ0) is 15.3. The number of aliphatic hydroxyl groups is 1. The van der Waals surface area contributed by atoms with Crippen LogP contribution in [0.25, 0.3) is 20.9 Å². The number of hydrogen-bond donors (Lipinski definition) is 1. The van der Waals surface area contributed by atoms with E-state index in [4.69, 9.17) is 11.1 Å². The quantitative estimate of drug-likeness (QED) is 0.358. The van der Waals surface area contributed by atoms with Crippen molar-refractivity contribution in [2.24, 2.45) is 10.2 Å². The number of nitrogens with zero attached hydrogens (tertiary/aromatic N) is 6. The first-order chi connectivity index (χ1) is 9.34. The fraction of sp³-hybridized carbons (Fsp3) is 0.875. The van der Waals surface area contributed by atoms with E-state index in [0.717, 1.165) is 6.92 Å². The van der Waals surface area contributed by atoms with Gasteiger partial charge >= 0.3 is 11.9 Å². The Morgan fingerprint density at radius 2 is 2.15 bits per heavy atom. The Bertz CT molecular complexity index is 476. The summed E-state index contributed by atoms with van der Waals surface area (Å²) in [7, 11) is 0. The maximum atomic E-state index is 14.1. The predicted molar refractivity (Wildman–Crippen MR) is 58.3 cm³/mol. The van der Waals surface area contributed by atoms with Gasteiger partial charge in [-0.15, -0.1) is 0 Å². The first kappa shape index (κ1) is 15.9. The number of rotatable bonds is 4. The zero-order valence-electron chi connectivity index (χ0n) is 10.1. The molecule has 4 atom stereocenters. The van der Waals surface area contributed by atoms with E-state index in [1.54, 1.807) is 0 Å². The standard InChI is InChI=1S/C8H10F2N6O4/c1-3(17)19-6-5(14-16-12)7(18)20-4(2-13-15-11)8(6,9)10/h4-7,18H,2H2,1H3/t4-,5?,6-,7?/m1/s1. The highest BCUT2D eigenvalue weighted by atomic mass is 19.3. The molecule has 1 saturated heterocycles. The summed E-state index contributed by atoms with van der Waals surface area (Å²) < 4.78 is 37.2. The third kappa shape index (κ3) is 3.25. The van der Waals surface area contributed by atoms with Crippen LogP contribution in [0.3, 0.4) is 0 Å². The van der Waals surface area contributed by atoms with Gasteiger partial charge in [0.05, 0.1) is 6.54 Å². The van der Waals surface area contributed by atoms with Crippen LogP contribution in [0.5, 0.6) is 0 Å². The second-order valence-electron chi connectivity index (χ2n) is 3.83. The lowest BCUT2D eigenvalue weighted by Crippen LogP contribution is -2.63. The SMILES string of the molecule is CC(=O)O[C@@H]1C(N=[N+]=[N-])C(O)O[C@H](CN=[N+]=[N-])C1(F)F. The third-order valence-corrected chi connectivity index (χ3v) is 2.50. The molecule has 1 rings (SSSR count). The Morgan fingerprint density at radius 3 is 2.65 bits per heavy atom. The largest absolute Gasteiger partial charge is 0.455 e. The Morgan fingerprint density at radius 1 is 1.50 bits per heavy atom. The van der Waals surface area contributed by atoms with Crippen molar-refractivity contribution in [3.8, 4) is 0 Å².